The van der Waals surface area contributed by atoms with Crippen molar-refractivity contribution in [2.75, 3.05) is 50.3 Å². The second-order valence-corrected chi connectivity index (χ2v) is 8.73. The van der Waals surface area contributed by atoms with Crippen LogP contribution in [-0.4, -0.2) is 60.1 Å². The largest absolute Gasteiger partial charge is 0.497 e. The number of benzene rings is 2. The maximum Gasteiger partial charge on any atom is 0.232 e. The molecule has 3 heterocycles. The Hall–Kier alpha value is -3.85. The highest BCUT2D eigenvalue weighted by Crippen LogP contribution is 2.25. The number of anilines is 2. The van der Waals surface area contributed by atoms with E-state index in [0.717, 1.165) is 59.3 Å². The minimum absolute atomic E-state index is 0.645. The number of nitrogens with zero attached hydrogens (tertiary/aromatic N) is 6. The first-order valence-electron chi connectivity index (χ1n) is 12.3. The fourth-order valence-corrected chi connectivity index (χ4v) is 4.36. The Bertz CT molecular complexity index is 1230. The number of hydrogen-bond donors (Lipinski definition) is 0. The average molecular weight is 489 g/mol. The van der Waals surface area contributed by atoms with Crippen LogP contribution in [0.15, 0.2) is 54.7 Å². The summed E-state index contributed by atoms with van der Waals surface area (Å²) in [5.41, 5.74) is 4.24. The van der Waals surface area contributed by atoms with Gasteiger partial charge >= 0.3 is 0 Å². The van der Waals surface area contributed by atoms with Crippen molar-refractivity contribution in [3.63, 3.8) is 0 Å². The monoisotopic (exact) mass is 488 g/mol. The molecule has 9 nitrogen and oxygen atoms in total. The Balaban J connectivity index is 1.58. The molecule has 0 aliphatic carbocycles. The first-order valence-corrected chi connectivity index (χ1v) is 12.3. The standard InChI is InChI=1S/C27H32N6O3/c1-4-22-17-28-33-25(22)29-26(31-13-15-36-16-14-31)30-27(33)32(18-20-5-9-23(34-2)10-6-20)19-21-7-11-24(35-3)12-8-21/h5-12,17H,4,13-16,18-19H2,1-3H3. The molecule has 1 saturated heterocycles. The molecule has 0 bridgehead atoms. The van der Waals surface area contributed by atoms with Crippen molar-refractivity contribution in [1.82, 2.24) is 19.6 Å². The third kappa shape index (κ3) is 5.06. The quantitative estimate of drug-likeness (QED) is 0.353. The highest BCUT2D eigenvalue weighted by atomic mass is 16.5. The second-order valence-electron chi connectivity index (χ2n) is 8.73. The SMILES string of the molecule is CCc1cnn2c(N(Cc3ccc(OC)cc3)Cc3ccc(OC)cc3)nc(N3CCOCC3)nc12. The van der Waals surface area contributed by atoms with Gasteiger partial charge in [-0.3, -0.25) is 0 Å². The maximum absolute atomic E-state index is 5.57. The summed E-state index contributed by atoms with van der Waals surface area (Å²) in [5.74, 6) is 3.14. The normalized spacial score (nSPS) is 13.7. The second kappa shape index (κ2) is 10.8. The van der Waals surface area contributed by atoms with E-state index in [-0.39, 0.29) is 0 Å². The van der Waals surface area contributed by atoms with E-state index in [4.69, 9.17) is 29.3 Å². The van der Waals surface area contributed by atoms with E-state index < -0.39 is 0 Å². The lowest BCUT2D eigenvalue weighted by Crippen LogP contribution is -2.38. The van der Waals surface area contributed by atoms with Crippen LogP contribution in [0.25, 0.3) is 5.65 Å². The molecular formula is C27H32N6O3. The fraction of sp³-hybridized carbons (Fsp3) is 0.370. The molecule has 1 fully saturated rings. The van der Waals surface area contributed by atoms with Crippen molar-refractivity contribution in [2.24, 2.45) is 0 Å². The van der Waals surface area contributed by atoms with Crippen molar-refractivity contribution >= 4 is 17.5 Å². The van der Waals surface area contributed by atoms with E-state index in [2.05, 4.69) is 41.0 Å². The number of aryl methyl sites for hydroxylation is 1. The van der Waals surface area contributed by atoms with E-state index in [1.165, 1.54) is 0 Å². The average Bonchev–Trinajstić information content (AvgIpc) is 3.36. The molecule has 188 valence electrons. The molecule has 0 atom stereocenters. The lowest BCUT2D eigenvalue weighted by molar-refractivity contribution is 0.122. The van der Waals surface area contributed by atoms with Crippen molar-refractivity contribution in [3.05, 3.63) is 71.4 Å². The van der Waals surface area contributed by atoms with Crippen LogP contribution >= 0.6 is 0 Å². The first kappa shape index (κ1) is 23.9. The number of ether oxygens (including phenoxy) is 3. The molecule has 0 unspecified atom stereocenters. The van der Waals surface area contributed by atoms with Crippen LogP contribution in [0.2, 0.25) is 0 Å². The summed E-state index contributed by atoms with van der Waals surface area (Å²) in [7, 11) is 3.36. The van der Waals surface area contributed by atoms with E-state index >= 15 is 0 Å². The Morgan fingerprint density at radius 1 is 0.861 bits per heavy atom. The van der Waals surface area contributed by atoms with Gasteiger partial charge in [-0.25, -0.2) is 0 Å². The summed E-state index contributed by atoms with van der Waals surface area (Å²) in [6.07, 6.45) is 2.75. The van der Waals surface area contributed by atoms with Gasteiger partial charge in [0, 0.05) is 31.7 Å². The Kier molecular flexibility index (Phi) is 7.18. The number of morpholine rings is 1. The van der Waals surface area contributed by atoms with Gasteiger partial charge in [-0.15, -0.1) is 0 Å². The van der Waals surface area contributed by atoms with Crippen LogP contribution in [0.1, 0.15) is 23.6 Å². The summed E-state index contributed by atoms with van der Waals surface area (Å²) >= 11 is 0. The van der Waals surface area contributed by atoms with Gasteiger partial charge in [-0.05, 0) is 41.8 Å². The fourth-order valence-electron chi connectivity index (χ4n) is 4.36. The van der Waals surface area contributed by atoms with Crippen LogP contribution in [0.5, 0.6) is 11.5 Å². The van der Waals surface area contributed by atoms with Crippen molar-refractivity contribution in [2.45, 2.75) is 26.4 Å². The zero-order valence-corrected chi connectivity index (χ0v) is 21.1. The van der Waals surface area contributed by atoms with Crippen LogP contribution in [0.3, 0.4) is 0 Å². The Labute approximate surface area is 211 Å². The predicted molar refractivity (Wildman–Crippen MR) is 139 cm³/mol. The molecule has 1 aliphatic heterocycles. The molecular weight excluding hydrogens is 456 g/mol. The molecule has 0 saturated carbocycles. The summed E-state index contributed by atoms with van der Waals surface area (Å²) in [6.45, 7) is 6.29. The number of methoxy groups -OCH3 is 2. The molecule has 1 aliphatic rings. The molecule has 4 aromatic rings. The van der Waals surface area contributed by atoms with Crippen LogP contribution < -0.4 is 19.3 Å². The molecule has 5 rings (SSSR count). The zero-order valence-electron chi connectivity index (χ0n) is 21.1. The number of fused-ring (bicyclic) bond motifs is 1. The Morgan fingerprint density at radius 2 is 1.44 bits per heavy atom. The number of aromatic nitrogens is 4. The summed E-state index contributed by atoms with van der Waals surface area (Å²) < 4.78 is 18.1. The molecule has 0 N–H and O–H groups in total. The van der Waals surface area contributed by atoms with Crippen molar-refractivity contribution < 1.29 is 14.2 Å². The molecule has 36 heavy (non-hydrogen) atoms. The maximum atomic E-state index is 5.57. The number of hydrogen-bond acceptors (Lipinski definition) is 8. The van der Waals surface area contributed by atoms with E-state index in [1.807, 2.05) is 35.0 Å². The topological polar surface area (TPSA) is 77.2 Å². The van der Waals surface area contributed by atoms with Crippen LogP contribution in [0.4, 0.5) is 11.9 Å². The van der Waals surface area contributed by atoms with Gasteiger partial charge in [-0.1, -0.05) is 31.2 Å². The summed E-state index contributed by atoms with van der Waals surface area (Å²) in [6, 6.07) is 16.3. The molecule has 0 radical (unpaired) electrons. The lowest BCUT2D eigenvalue weighted by Gasteiger charge is -2.29. The van der Waals surface area contributed by atoms with Gasteiger partial charge in [0.15, 0.2) is 5.65 Å². The summed E-state index contributed by atoms with van der Waals surface area (Å²) in [5, 5.41) is 4.70. The van der Waals surface area contributed by atoms with Crippen LogP contribution in [0, 0.1) is 0 Å². The zero-order chi connectivity index (χ0) is 24.9. The highest BCUT2D eigenvalue weighted by Gasteiger charge is 2.22. The highest BCUT2D eigenvalue weighted by molar-refractivity contribution is 5.56. The van der Waals surface area contributed by atoms with E-state index in [9.17, 15) is 0 Å². The Morgan fingerprint density at radius 3 is 1.97 bits per heavy atom. The van der Waals surface area contributed by atoms with Gasteiger partial charge in [-0.2, -0.15) is 19.6 Å². The molecule has 0 spiro atoms. The third-order valence-corrected chi connectivity index (χ3v) is 6.43. The minimum Gasteiger partial charge on any atom is -0.497 e. The third-order valence-electron chi connectivity index (χ3n) is 6.43. The van der Waals surface area contributed by atoms with Crippen molar-refractivity contribution in [3.8, 4) is 11.5 Å². The van der Waals surface area contributed by atoms with E-state index in [1.54, 1.807) is 14.2 Å². The first-order chi connectivity index (χ1) is 17.7. The van der Waals surface area contributed by atoms with E-state index in [0.29, 0.717) is 32.3 Å². The molecule has 2 aromatic heterocycles. The lowest BCUT2D eigenvalue weighted by atomic mass is 10.1. The summed E-state index contributed by atoms with van der Waals surface area (Å²) in [4.78, 5) is 14.4. The van der Waals surface area contributed by atoms with Gasteiger partial charge in [0.25, 0.3) is 0 Å². The van der Waals surface area contributed by atoms with Gasteiger partial charge < -0.3 is 24.0 Å². The number of rotatable bonds is 9. The van der Waals surface area contributed by atoms with Gasteiger partial charge in [0.05, 0.1) is 33.6 Å². The molecule has 0 amide bonds. The van der Waals surface area contributed by atoms with Gasteiger partial charge in [0.2, 0.25) is 11.9 Å². The van der Waals surface area contributed by atoms with Gasteiger partial charge in [0.1, 0.15) is 11.5 Å². The molecule has 9 heteroatoms. The minimum atomic E-state index is 0.645. The van der Waals surface area contributed by atoms with Crippen molar-refractivity contribution in [1.29, 1.82) is 0 Å². The molecule has 2 aromatic carbocycles. The smallest absolute Gasteiger partial charge is 0.232 e. The van der Waals surface area contributed by atoms with Crippen LogP contribution in [-0.2, 0) is 24.2 Å². The predicted octanol–water partition coefficient (Wildman–Crippen LogP) is 3.75.